The van der Waals surface area contributed by atoms with Gasteiger partial charge in [0.2, 0.25) is 5.91 Å². The van der Waals surface area contributed by atoms with Gasteiger partial charge in [0.25, 0.3) is 5.91 Å². The van der Waals surface area contributed by atoms with Crippen molar-refractivity contribution in [1.29, 1.82) is 0 Å². The summed E-state index contributed by atoms with van der Waals surface area (Å²) in [6.45, 7) is 1.54. The fourth-order valence-corrected chi connectivity index (χ4v) is 2.05. The lowest BCUT2D eigenvalue weighted by Gasteiger charge is -2.24. The molecule has 2 rings (SSSR count). The molecule has 124 valence electrons. The molecule has 0 saturated carbocycles. The Morgan fingerprint density at radius 2 is 1.96 bits per heavy atom. The van der Waals surface area contributed by atoms with Crippen LogP contribution in [0.1, 0.15) is 18.2 Å². The van der Waals surface area contributed by atoms with Crippen molar-refractivity contribution < 1.29 is 14.4 Å². The van der Waals surface area contributed by atoms with Crippen molar-refractivity contribution in [2.45, 2.75) is 19.4 Å². The van der Waals surface area contributed by atoms with Gasteiger partial charge < -0.3 is 9.78 Å². The predicted molar refractivity (Wildman–Crippen MR) is 90.5 cm³/mol. The maximum Gasteiger partial charge on any atom is 0.265 e. The van der Waals surface area contributed by atoms with E-state index in [1.54, 1.807) is 24.4 Å². The van der Waals surface area contributed by atoms with Crippen LogP contribution in [-0.4, -0.2) is 34.1 Å². The Labute approximate surface area is 140 Å². The molecule has 1 heterocycles. The van der Waals surface area contributed by atoms with Crippen LogP contribution in [0.4, 0.5) is 0 Å². The number of aldehydes is 1. The van der Waals surface area contributed by atoms with E-state index in [9.17, 15) is 14.4 Å². The van der Waals surface area contributed by atoms with Gasteiger partial charge in [0.15, 0.2) is 0 Å². The fraction of sp³-hybridized carbons (Fsp3) is 0.167. The molecule has 0 spiro atoms. The highest BCUT2D eigenvalue weighted by Crippen LogP contribution is 2.03. The van der Waals surface area contributed by atoms with Gasteiger partial charge in [0.05, 0.1) is 6.42 Å². The molecule has 2 N–H and O–H groups in total. The standard InChI is InChI=1S/C18H19N3O3/c1-14(13-22)21(20-17(23)12-16-8-5-11-19-16)18(24)10-9-15-6-3-2-4-7-15/h2-11,13-14,19H,12H2,1H3,(H,20,23). The summed E-state index contributed by atoms with van der Waals surface area (Å²) in [5, 5.41) is 1.03. The second-order valence-electron chi connectivity index (χ2n) is 5.24. The quantitative estimate of drug-likeness (QED) is 0.482. The van der Waals surface area contributed by atoms with Gasteiger partial charge in [0, 0.05) is 18.0 Å². The van der Waals surface area contributed by atoms with Crippen LogP contribution in [0.2, 0.25) is 0 Å². The van der Waals surface area contributed by atoms with Gasteiger partial charge in [-0.25, -0.2) is 5.01 Å². The highest BCUT2D eigenvalue weighted by atomic mass is 16.2. The molecular weight excluding hydrogens is 306 g/mol. The third kappa shape index (κ3) is 4.95. The molecule has 1 aromatic carbocycles. The number of nitrogens with one attached hydrogen (secondary N) is 2. The van der Waals surface area contributed by atoms with Gasteiger partial charge in [-0.1, -0.05) is 30.3 Å². The van der Waals surface area contributed by atoms with Crippen molar-refractivity contribution >= 4 is 24.2 Å². The highest BCUT2D eigenvalue weighted by molar-refractivity contribution is 5.94. The zero-order valence-electron chi connectivity index (χ0n) is 13.3. The number of carbonyl (C=O) groups excluding carboxylic acids is 3. The number of rotatable bonds is 6. The minimum absolute atomic E-state index is 0.0881. The van der Waals surface area contributed by atoms with Crippen LogP contribution in [0.25, 0.3) is 6.08 Å². The lowest BCUT2D eigenvalue weighted by molar-refractivity contribution is -0.141. The molecule has 24 heavy (non-hydrogen) atoms. The molecule has 0 fully saturated rings. The van der Waals surface area contributed by atoms with Crippen LogP contribution in [0.3, 0.4) is 0 Å². The van der Waals surface area contributed by atoms with E-state index in [4.69, 9.17) is 0 Å². The van der Waals surface area contributed by atoms with Crippen LogP contribution in [0, 0.1) is 0 Å². The maximum atomic E-state index is 12.3. The molecule has 2 amide bonds. The van der Waals surface area contributed by atoms with Gasteiger partial charge in [-0.05, 0) is 30.7 Å². The largest absolute Gasteiger partial charge is 0.365 e. The number of amides is 2. The molecule has 0 radical (unpaired) electrons. The predicted octanol–water partition coefficient (Wildman–Crippen LogP) is 1.72. The smallest absolute Gasteiger partial charge is 0.265 e. The van der Waals surface area contributed by atoms with Gasteiger partial charge in [-0.15, -0.1) is 0 Å². The van der Waals surface area contributed by atoms with Crippen molar-refractivity contribution in [2.75, 3.05) is 0 Å². The second kappa shape index (κ2) is 8.47. The normalized spacial score (nSPS) is 11.9. The van der Waals surface area contributed by atoms with Crippen LogP contribution in [-0.2, 0) is 20.8 Å². The van der Waals surface area contributed by atoms with E-state index in [0.29, 0.717) is 6.29 Å². The lowest BCUT2D eigenvalue weighted by Crippen LogP contribution is -2.51. The van der Waals surface area contributed by atoms with Crippen LogP contribution < -0.4 is 5.43 Å². The van der Waals surface area contributed by atoms with Crippen LogP contribution >= 0.6 is 0 Å². The molecule has 0 aliphatic heterocycles. The molecule has 6 heteroatoms. The SMILES string of the molecule is CC(C=O)N(NC(=O)Cc1ccc[nH]1)C(=O)C=Cc1ccccc1. The molecule has 1 unspecified atom stereocenters. The summed E-state index contributed by atoms with van der Waals surface area (Å²) in [6, 6.07) is 12.1. The summed E-state index contributed by atoms with van der Waals surface area (Å²) in [4.78, 5) is 38.3. The Morgan fingerprint density at radius 1 is 1.21 bits per heavy atom. The van der Waals surface area contributed by atoms with E-state index in [-0.39, 0.29) is 12.3 Å². The number of carbonyl (C=O) groups is 3. The topological polar surface area (TPSA) is 82.3 Å². The zero-order chi connectivity index (χ0) is 17.4. The van der Waals surface area contributed by atoms with E-state index in [1.165, 1.54) is 13.0 Å². The molecule has 0 saturated heterocycles. The Hall–Kier alpha value is -3.15. The first kappa shape index (κ1) is 17.2. The van der Waals surface area contributed by atoms with Gasteiger partial charge in [-0.2, -0.15) is 0 Å². The molecule has 6 nitrogen and oxygen atoms in total. The Morgan fingerprint density at radius 3 is 2.58 bits per heavy atom. The van der Waals surface area contributed by atoms with Crippen LogP contribution in [0.5, 0.6) is 0 Å². The number of hydrogen-bond donors (Lipinski definition) is 2. The number of H-pyrrole nitrogens is 1. The number of hydrazine groups is 1. The monoisotopic (exact) mass is 325 g/mol. The van der Waals surface area contributed by atoms with E-state index in [2.05, 4.69) is 10.4 Å². The molecule has 2 aromatic rings. The fourth-order valence-electron chi connectivity index (χ4n) is 2.05. The Balaban J connectivity index is 2.04. The molecule has 0 aliphatic rings. The second-order valence-corrected chi connectivity index (χ2v) is 5.24. The summed E-state index contributed by atoms with van der Waals surface area (Å²) in [5.74, 6) is -0.856. The molecule has 1 atom stereocenters. The molecule has 0 aliphatic carbocycles. The van der Waals surface area contributed by atoms with E-state index < -0.39 is 11.9 Å². The van der Waals surface area contributed by atoms with Gasteiger partial charge in [-0.3, -0.25) is 15.0 Å². The first-order valence-electron chi connectivity index (χ1n) is 7.53. The maximum absolute atomic E-state index is 12.3. The lowest BCUT2D eigenvalue weighted by atomic mass is 10.2. The number of hydrogen-bond acceptors (Lipinski definition) is 3. The minimum atomic E-state index is -0.773. The van der Waals surface area contributed by atoms with E-state index in [0.717, 1.165) is 16.3 Å². The van der Waals surface area contributed by atoms with Crippen molar-refractivity contribution in [1.82, 2.24) is 15.4 Å². The van der Waals surface area contributed by atoms with Crippen molar-refractivity contribution in [2.24, 2.45) is 0 Å². The molecular formula is C18H19N3O3. The number of benzene rings is 1. The third-order valence-corrected chi connectivity index (χ3v) is 3.32. The minimum Gasteiger partial charge on any atom is -0.365 e. The van der Waals surface area contributed by atoms with Crippen molar-refractivity contribution in [3.63, 3.8) is 0 Å². The Kier molecular flexibility index (Phi) is 6.08. The van der Waals surface area contributed by atoms with Crippen molar-refractivity contribution in [3.05, 3.63) is 66.0 Å². The summed E-state index contributed by atoms with van der Waals surface area (Å²) >= 11 is 0. The molecule has 0 bridgehead atoms. The number of aromatic nitrogens is 1. The van der Waals surface area contributed by atoms with Crippen LogP contribution in [0.15, 0.2) is 54.7 Å². The highest BCUT2D eigenvalue weighted by Gasteiger charge is 2.20. The van der Waals surface area contributed by atoms with Gasteiger partial charge in [0.1, 0.15) is 12.3 Å². The summed E-state index contributed by atoms with van der Waals surface area (Å²) in [5.41, 5.74) is 4.05. The van der Waals surface area contributed by atoms with E-state index >= 15 is 0 Å². The average Bonchev–Trinajstić information content (AvgIpc) is 3.10. The first-order chi connectivity index (χ1) is 11.6. The van der Waals surface area contributed by atoms with Crippen molar-refractivity contribution in [3.8, 4) is 0 Å². The summed E-state index contributed by atoms with van der Waals surface area (Å²) < 4.78 is 0. The molecule has 1 aromatic heterocycles. The van der Waals surface area contributed by atoms with Gasteiger partial charge >= 0.3 is 0 Å². The summed E-state index contributed by atoms with van der Waals surface area (Å²) in [7, 11) is 0. The zero-order valence-corrected chi connectivity index (χ0v) is 13.3. The first-order valence-corrected chi connectivity index (χ1v) is 7.53. The van der Waals surface area contributed by atoms with E-state index in [1.807, 2.05) is 30.3 Å². The number of nitrogens with zero attached hydrogens (tertiary/aromatic N) is 1. The Bertz CT molecular complexity index is 708. The summed E-state index contributed by atoms with van der Waals surface area (Å²) in [6.07, 6.45) is 5.35. The average molecular weight is 325 g/mol. The third-order valence-electron chi connectivity index (χ3n) is 3.32. The number of aromatic amines is 1.